The molecule has 0 aromatic heterocycles. The average Bonchev–Trinajstić information content (AvgIpc) is 2.74. The third-order valence-electron chi connectivity index (χ3n) is 5.34. The number of hydrogen-bond donors (Lipinski definition) is 1. The van der Waals surface area contributed by atoms with Crippen molar-refractivity contribution < 1.29 is 17.9 Å². The monoisotopic (exact) mass is 494 g/mol. The van der Waals surface area contributed by atoms with E-state index in [0.717, 1.165) is 42.1 Å². The number of anilines is 1. The summed E-state index contributed by atoms with van der Waals surface area (Å²) in [6.45, 7) is 1.59. The largest absolute Gasteiger partial charge is 0.495 e. The van der Waals surface area contributed by atoms with Gasteiger partial charge in [0.25, 0.3) is 0 Å². The van der Waals surface area contributed by atoms with Crippen LogP contribution < -0.4 is 10.1 Å². The highest BCUT2D eigenvalue weighted by Crippen LogP contribution is 2.32. The van der Waals surface area contributed by atoms with Crippen molar-refractivity contribution in [3.63, 3.8) is 0 Å². The molecule has 1 amide bonds. The van der Waals surface area contributed by atoms with E-state index in [1.807, 2.05) is 31.2 Å². The third-order valence-corrected chi connectivity index (χ3v) is 7.95. The molecule has 0 spiro atoms. The number of ether oxygens (including phenoxy) is 1. The first-order valence-corrected chi connectivity index (χ1v) is 12.3. The summed E-state index contributed by atoms with van der Waals surface area (Å²) in [4.78, 5) is 12.9. The quantitative estimate of drug-likeness (QED) is 0.603. The number of para-hydroxylation sites is 1. The first kappa shape index (κ1) is 22.8. The van der Waals surface area contributed by atoms with Gasteiger partial charge in [0.15, 0.2) is 0 Å². The van der Waals surface area contributed by atoms with Gasteiger partial charge < -0.3 is 10.1 Å². The fraction of sp³-hybridized carbons (Fsp3) is 0.409. The Bertz CT molecular complexity index is 1000. The third kappa shape index (κ3) is 5.22. The molecule has 1 aliphatic carbocycles. The van der Waals surface area contributed by atoms with Gasteiger partial charge in [-0.05, 0) is 65.5 Å². The number of halogens is 1. The van der Waals surface area contributed by atoms with Gasteiger partial charge in [0, 0.05) is 10.5 Å². The maximum atomic E-state index is 13.7. The van der Waals surface area contributed by atoms with E-state index < -0.39 is 10.0 Å². The number of rotatable bonds is 7. The number of nitrogens with one attached hydrogen (secondary N) is 1. The van der Waals surface area contributed by atoms with Crippen LogP contribution in [0.25, 0.3) is 0 Å². The molecule has 162 valence electrons. The Labute approximate surface area is 186 Å². The van der Waals surface area contributed by atoms with Crippen LogP contribution in [0.1, 0.15) is 37.7 Å². The predicted octanol–water partition coefficient (Wildman–Crippen LogP) is 4.73. The Hall–Kier alpha value is -1.90. The molecule has 1 aliphatic rings. The van der Waals surface area contributed by atoms with Crippen molar-refractivity contribution in [2.75, 3.05) is 19.0 Å². The van der Waals surface area contributed by atoms with E-state index in [9.17, 15) is 13.2 Å². The number of methoxy groups -OCH3 is 1. The van der Waals surface area contributed by atoms with Crippen LogP contribution in [-0.2, 0) is 14.8 Å². The van der Waals surface area contributed by atoms with Crippen molar-refractivity contribution in [3.05, 3.63) is 52.5 Å². The smallest absolute Gasteiger partial charge is 0.247 e. The molecule has 0 aliphatic heterocycles. The first-order chi connectivity index (χ1) is 14.3. The lowest BCUT2D eigenvalue weighted by atomic mass is 9.95. The molecule has 1 saturated carbocycles. The number of aryl methyl sites for hydroxylation is 1. The minimum absolute atomic E-state index is 0.101. The van der Waals surface area contributed by atoms with Crippen molar-refractivity contribution in [2.45, 2.75) is 50.0 Å². The topological polar surface area (TPSA) is 75.7 Å². The minimum atomic E-state index is -3.93. The summed E-state index contributed by atoms with van der Waals surface area (Å²) in [6.07, 6.45) is 4.48. The van der Waals surface area contributed by atoms with Crippen LogP contribution >= 0.6 is 15.9 Å². The summed E-state index contributed by atoms with van der Waals surface area (Å²) in [6, 6.07) is 12.1. The summed E-state index contributed by atoms with van der Waals surface area (Å²) in [7, 11) is -2.47. The van der Waals surface area contributed by atoms with Gasteiger partial charge in [-0.25, -0.2) is 8.42 Å². The van der Waals surface area contributed by atoms with Gasteiger partial charge in [-0.15, -0.1) is 0 Å². The number of sulfonamides is 1. The maximum Gasteiger partial charge on any atom is 0.247 e. The van der Waals surface area contributed by atoms with Gasteiger partial charge in [0.2, 0.25) is 15.9 Å². The second-order valence-electron chi connectivity index (χ2n) is 7.52. The molecule has 0 heterocycles. The van der Waals surface area contributed by atoms with Crippen molar-refractivity contribution in [1.29, 1.82) is 0 Å². The van der Waals surface area contributed by atoms with Gasteiger partial charge >= 0.3 is 0 Å². The molecule has 2 aromatic carbocycles. The Morgan fingerprint density at radius 1 is 1.17 bits per heavy atom. The molecule has 30 heavy (non-hydrogen) atoms. The van der Waals surface area contributed by atoms with Crippen LogP contribution in [0, 0.1) is 6.92 Å². The molecule has 8 heteroatoms. The van der Waals surface area contributed by atoms with E-state index in [4.69, 9.17) is 4.74 Å². The van der Waals surface area contributed by atoms with E-state index in [-0.39, 0.29) is 29.1 Å². The molecule has 0 atom stereocenters. The van der Waals surface area contributed by atoms with Crippen molar-refractivity contribution >= 4 is 37.5 Å². The molecular weight excluding hydrogens is 468 g/mol. The number of carbonyl (C=O) groups excluding carboxylic acids is 1. The van der Waals surface area contributed by atoms with E-state index in [1.165, 1.54) is 11.4 Å². The second-order valence-corrected chi connectivity index (χ2v) is 10.2. The number of benzene rings is 2. The Morgan fingerprint density at radius 3 is 2.53 bits per heavy atom. The fourth-order valence-corrected chi connectivity index (χ4v) is 6.05. The van der Waals surface area contributed by atoms with Crippen LogP contribution in [0.4, 0.5) is 5.69 Å². The summed E-state index contributed by atoms with van der Waals surface area (Å²) < 4.78 is 34.8. The molecule has 0 saturated heterocycles. The molecule has 0 radical (unpaired) electrons. The number of carbonyl (C=O) groups is 1. The van der Waals surface area contributed by atoms with E-state index in [0.29, 0.717) is 5.69 Å². The molecule has 0 bridgehead atoms. The Balaban J connectivity index is 1.93. The minimum Gasteiger partial charge on any atom is -0.495 e. The van der Waals surface area contributed by atoms with Gasteiger partial charge in [-0.2, -0.15) is 4.31 Å². The molecule has 1 N–H and O–H groups in total. The molecule has 3 rings (SSSR count). The molecule has 6 nitrogen and oxygen atoms in total. The zero-order chi connectivity index (χ0) is 21.7. The van der Waals surface area contributed by atoms with Crippen molar-refractivity contribution in [3.8, 4) is 5.75 Å². The Kier molecular flexibility index (Phi) is 7.55. The zero-order valence-corrected chi connectivity index (χ0v) is 19.6. The molecule has 2 aromatic rings. The van der Waals surface area contributed by atoms with Crippen LogP contribution in [0.2, 0.25) is 0 Å². The predicted molar refractivity (Wildman–Crippen MR) is 121 cm³/mol. The van der Waals surface area contributed by atoms with Crippen LogP contribution in [0.5, 0.6) is 5.75 Å². The summed E-state index contributed by atoms with van der Waals surface area (Å²) in [5, 5.41) is 2.82. The number of amides is 1. The lowest BCUT2D eigenvalue weighted by molar-refractivity contribution is -0.116. The average molecular weight is 495 g/mol. The van der Waals surface area contributed by atoms with Crippen molar-refractivity contribution in [2.24, 2.45) is 0 Å². The highest BCUT2D eigenvalue weighted by atomic mass is 79.9. The van der Waals surface area contributed by atoms with Gasteiger partial charge in [0.05, 0.1) is 19.3 Å². The van der Waals surface area contributed by atoms with Gasteiger partial charge in [0.1, 0.15) is 10.6 Å². The van der Waals surface area contributed by atoms with E-state index in [2.05, 4.69) is 21.2 Å². The standard InChI is InChI=1S/C22H27BrN2O4S/c1-16-12-13-20(29-2)21(14-16)30(27,28)25(17-8-4-3-5-9-17)15-22(26)24-19-11-7-6-10-18(19)23/h6-7,10-14,17H,3-5,8-9,15H2,1-2H3,(H,24,26). The van der Waals surface area contributed by atoms with Crippen LogP contribution in [0.15, 0.2) is 51.8 Å². The van der Waals surface area contributed by atoms with Crippen LogP contribution in [0.3, 0.4) is 0 Å². The van der Waals surface area contributed by atoms with Crippen molar-refractivity contribution in [1.82, 2.24) is 4.31 Å². The lowest BCUT2D eigenvalue weighted by Crippen LogP contribution is -2.45. The molecule has 1 fully saturated rings. The van der Waals surface area contributed by atoms with E-state index in [1.54, 1.807) is 18.2 Å². The summed E-state index contributed by atoms with van der Waals surface area (Å²) in [5.74, 6) is -0.0877. The van der Waals surface area contributed by atoms with Gasteiger partial charge in [-0.1, -0.05) is 37.5 Å². The normalized spacial score (nSPS) is 15.2. The summed E-state index contributed by atoms with van der Waals surface area (Å²) >= 11 is 3.41. The van der Waals surface area contributed by atoms with E-state index >= 15 is 0 Å². The second kappa shape index (κ2) is 9.94. The summed E-state index contributed by atoms with van der Waals surface area (Å²) in [5.41, 5.74) is 1.42. The number of nitrogens with zero attached hydrogens (tertiary/aromatic N) is 1. The SMILES string of the molecule is COc1ccc(C)cc1S(=O)(=O)N(CC(=O)Nc1ccccc1Br)C1CCCCC1. The molecule has 0 unspecified atom stereocenters. The highest BCUT2D eigenvalue weighted by molar-refractivity contribution is 9.10. The first-order valence-electron chi connectivity index (χ1n) is 10.0. The number of hydrogen-bond acceptors (Lipinski definition) is 4. The molecular formula is C22H27BrN2O4S. The fourth-order valence-electron chi connectivity index (χ4n) is 3.79. The van der Waals surface area contributed by atoms with Gasteiger partial charge in [-0.3, -0.25) is 4.79 Å². The lowest BCUT2D eigenvalue weighted by Gasteiger charge is -2.33. The van der Waals surface area contributed by atoms with Crippen LogP contribution in [-0.4, -0.2) is 38.3 Å². The zero-order valence-electron chi connectivity index (χ0n) is 17.2. The Morgan fingerprint density at radius 2 is 1.87 bits per heavy atom. The maximum absolute atomic E-state index is 13.7. The highest BCUT2D eigenvalue weighted by Gasteiger charge is 2.35.